The third-order valence-electron chi connectivity index (χ3n) is 4.64. The van der Waals surface area contributed by atoms with Crippen LogP contribution in [0.4, 0.5) is 4.79 Å². The van der Waals surface area contributed by atoms with Crippen molar-refractivity contribution in [3.05, 3.63) is 57.4 Å². The van der Waals surface area contributed by atoms with E-state index in [-0.39, 0.29) is 12.2 Å². The van der Waals surface area contributed by atoms with Crippen molar-refractivity contribution < 1.29 is 19.4 Å². The maximum atomic E-state index is 12.8. The first-order chi connectivity index (χ1) is 12.5. The lowest BCUT2D eigenvalue weighted by atomic mass is 10.1. The highest BCUT2D eigenvalue weighted by atomic mass is 16.7. The number of hydrogen-bond acceptors (Lipinski definition) is 5. The van der Waals surface area contributed by atoms with E-state index in [4.69, 9.17) is 14.8 Å². The van der Waals surface area contributed by atoms with Crippen LogP contribution in [0.3, 0.4) is 0 Å². The molecule has 0 unspecified atom stereocenters. The largest absolute Gasteiger partial charge is 0.506 e. The van der Waals surface area contributed by atoms with Crippen LogP contribution in [0.25, 0.3) is 22.3 Å². The first-order valence-corrected chi connectivity index (χ1v) is 8.05. The maximum Gasteiger partial charge on any atom is 0.506 e. The summed E-state index contributed by atoms with van der Waals surface area (Å²) in [5.74, 6) is 0.746. The highest BCUT2D eigenvalue weighted by molar-refractivity contribution is 5.85. The van der Waals surface area contributed by atoms with Crippen LogP contribution in [0.5, 0.6) is 5.75 Å². The standard InChI is InChI=1S/C19H16N2O5/c1-10-5-16-17-12(6-11-7-13(25-2)3-4-15(11)20-17)8-21(16)18(22)14(10)9-26-19(23)24/h3-7H,8-9H2,1-2H3,(H,23,24). The van der Waals surface area contributed by atoms with Gasteiger partial charge in [0.25, 0.3) is 5.56 Å². The van der Waals surface area contributed by atoms with Gasteiger partial charge in [-0.3, -0.25) is 4.79 Å². The van der Waals surface area contributed by atoms with Crippen molar-refractivity contribution in [2.45, 2.75) is 20.1 Å². The highest BCUT2D eigenvalue weighted by Crippen LogP contribution is 2.33. The summed E-state index contributed by atoms with van der Waals surface area (Å²) in [5.41, 5.74) is 4.05. The van der Waals surface area contributed by atoms with Gasteiger partial charge < -0.3 is 19.1 Å². The molecule has 0 radical (unpaired) electrons. The van der Waals surface area contributed by atoms with Gasteiger partial charge in [-0.1, -0.05) is 0 Å². The van der Waals surface area contributed by atoms with Crippen LogP contribution >= 0.6 is 0 Å². The molecule has 3 aromatic rings. The minimum atomic E-state index is -1.40. The number of methoxy groups -OCH3 is 1. The van der Waals surface area contributed by atoms with E-state index < -0.39 is 6.16 Å². The van der Waals surface area contributed by atoms with Crippen LogP contribution in [0, 0.1) is 6.92 Å². The Balaban J connectivity index is 1.84. The number of pyridine rings is 2. The summed E-state index contributed by atoms with van der Waals surface area (Å²) < 4.78 is 11.5. The predicted octanol–water partition coefficient (Wildman–Crippen LogP) is 2.94. The lowest BCUT2D eigenvalue weighted by molar-refractivity contribution is 0.0848. The van der Waals surface area contributed by atoms with Gasteiger partial charge in [-0.15, -0.1) is 0 Å². The van der Waals surface area contributed by atoms with Gasteiger partial charge >= 0.3 is 6.16 Å². The first-order valence-electron chi connectivity index (χ1n) is 8.05. The van der Waals surface area contributed by atoms with Crippen LogP contribution in [0.15, 0.2) is 35.1 Å². The Kier molecular flexibility index (Phi) is 3.64. The van der Waals surface area contributed by atoms with Gasteiger partial charge in [-0.2, -0.15) is 0 Å². The third-order valence-corrected chi connectivity index (χ3v) is 4.64. The van der Waals surface area contributed by atoms with Crippen molar-refractivity contribution in [2.24, 2.45) is 0 Å². The Morgan fingerprint density at radius 1 is 1.31 bits per heavy atom. The van der Waals surface area contributed by atoms with Crippen molar-refractivity contribution in [2.75, 3.05) is 7.11 Å². The summed E-state index contributed by atoms with van der Waals surface area (Å²) in [6.45, 7) is 1.90. The molecule has 1 aromatic carbocycles. The van der Waals surface area contributed by atoms with Gasteiger partial charge in [0, 0.05) is 10.9 Å². The van der Waals surface area contributed by atoms with E-state index in [2.05, 4.69) is 4.74 Å². The fourth-order valence-corrected chi connectivity index (χ4v) is 3.31. The van der Waals surface area contributed by atoms with E-state index in [1.165, 1.54) is 0 Å². The number of aromatic nitrogens is 2. The number of aryl methyl sites for hydroxylation is 1. The molecule has 26 heavy (non-hydrogen) atoms. The van der Waals surface area contributed by atoms with Crippen molar-refractivity contribution in [1.29, 1.82) is 0 Å². The molecule has 0 fully saturated rings. The Labute approximate surface area is 148 Å². The van der Waals surface area contributed by atoms with E-state index in [1.807, 2.05) is 30.3 Å². The van der Waals surface area contributed by atoms with Gasteiger partial charge in [-0.05, 0) is 42.8 Å². The number of fused-ring (bicyclic) bond motifs is 4. The zero-order valence-corrected chi connectivity index (χ0v) is 14.3. The van der Waals surface area contributed by atoms with E-state index >= 15 is 0 Å². The molecule has 4 rings (SSSR count). The molecule has 132 valence electrons. The molecule has 0 bridgehead atoms. The lowest BCUT2D eigenvalue weighted by Crippen LogP contribution is -2.25. The van der Waals surface area contributed by atoms with E-state index in [0.29, 0.717) is 17.7 Å². The van der Waals surface area contributed by atoms with Crippen LogP contribution in [-0.4, -0.2) is 27.9 Å². The SMILES string of the molecule is COc1ccc2nc3c(cc2c1)Cn1c-3cc(C)c(COC(=O)O)c1=O. The summed E-state index contributed by atoms with van der Waals surface area (Å²) in [6, 6.07) is 9.51. The molecule has 1 aliphatic rings. The molecule has 0 saturated carbocycles. The van der Waals surface area contributed by atoms with Crippen molar-refractivity contribution in [3.63, 3.8) is 0 Å². The van der Waals surface area contributed by atoms with Gasteiger partial charge in [-0.25, -0.2) is 9.78 Å². The van der Waals surface area contributed by atoms with E-state index in [9.17, 15) is 9.59 Å². The van der Waals surface area contributed by atoms with Crippen LogP contribution < -0.4 is 10.3 Å². The fourth-order valence-electron chi connectivity index (χ4n) is 3.31. The molecular weight excluding hydrogens is 336 g/mol. The number of benzene rings is 1. The molecule has 7 nitrogen and oxygen atoms in total. The van der Waals surface area contributed by atoms with Gasteiger partial charge in [0.1, 0.15) is 12.4 Å². The van der Waals surface area contributed by atoms with Gasteiger partial charge in [0.2, 0.25) is 0 Å². The second kappa shape index (κ2) is 5.87. The van der Waals surface area contributed by atoms with Crippen molar-refractivity contribution in [3.8, 4) is 17.1 Å². The second-order valence-corrected chi connectivity index (χ2v) is 6.19. The predicted molar refractivity (Wildman–Crippen MR) is 94.6 cm³/mol. The van der Waals surface area contributed by atoms with E-state index in [0.717, 1.165) is 33.6 Å². The molecule has 1 aliphatic heterocycles. The molecule has 1 N–H and O–H groups in total. The van der Waals surface area contributed by atoms with Gasteiger partial charge in [0.15, 0.2) is 0 Å². The van der Waals surface area contributed by atoms with Crippen molar-refractivity contribution in [1.82, 2.24) is 9.55 Å². The molecule has 0 saturated heterocycles. The summed E-state index contributed by atoms with van der Waals surface area (Å²) in [6.07, 6.45) is -1.40. The quantitative estimate of drug-likeness (QED) is 0.570. The Hall–Kier alpha value is -3.35. The van der Waals surface area contributed by atoms with Gasteiger partial charge in [0.05, 0.1) is 36.1 Å². The maximum absolute atomic E-state index is 12.8. The number of hydrogen-bond donors (Lipinski definition) is 1. The molecule has 0 atom stereocenters. The van der Waals surface area contributed by atoms with Crippen molar-refractivity contribution >= 4 is 17.1 Å². The first kappa shape index (κ1) is 16.1. The number of carbonyl (C=O) groups is 1. The molecular formula is C19H16N2O5. The Bertz CT molecular complexity index is 1120. The van der Waals surface area contributed by atoms with Crippen LogP contribution in [0.2, 0.25) is 0 Å². The monoisotopic (exact) mass is 352 g/mol. The second-order valence-electron chi connectivity index (χ2n) is 6.19. The van der Waals surface area contributed by atoms with E-state index in [1.54, 1.807) is 18.6 Å². The molecule has 2 aromatic heterocycles. The Morgan fingerprint density at radius 3 is 2.85 bits per heavy atom. The average molecular weight is 352 g/mol. The number of carboxylic acid groups (broad SMARTS) is 1. The average Bonchev–Trinajstić information content (AvgIpc) is 2.96. The number of nitrogens with zero attached hydrogens (tertiary/aromatic N) is 2. The Morgan fingerprint density at radius 2 is 2.12 bits per heavy atom. The number of ether oxygens (including phenoxy) is 2. The topological polar surface area (TPSA) is 90.7 Å². The molecule has 7 heteroatoms. The smallest absolute Gasteiger partial charge is 0.497 e. The molecule has 0 spiro atoms. The zero-order chi connectivity index (χ0) is 18.4. The normalized spacial score (nSPS) is 11.9. The third kappa shape index (κ3) is 2.48. The minimum absolute atomic E-state index is 0.249. The molecule has 0 aliphatic carbocycles. The highest BCUT2D eigenvalue weighted by Gasteiger charge is 2.24. The molecule has 3 heterocycles. The fraction of sp³-hybridized carbons (Fsp3) is 0.211. The lowest BCUT2D eigenvalue weighted by Gasteiger charge is -2.10. The zero-order valence-electron chi connectivity index (χ0n) is 14.3. The van der Waals surface area contributed by atoms with Crippen LogP contribution in [0.1, 0.15) is 16.7 Å². The summed E-state index contributed by atoms with van der Waals surface area (Å²) in [5, 5.41) is 9.63. The minimum Gasteiger partial charge on any atom is -0.497 e. The summed E-state index contributed by atoms with van der Waals surface area (Å²) in [7, 11) is 1.61. The summed E-state index contributed by atoms with van der Waals surface area (Å²) >= 11 is 0. The van der Waals surface area contributed by atoms with Crippen LogP contribution in [-0.2, 0) is 17.9 Å². The number of rotatable bonds is 3. The summed E-state index contributed by atoms with van der Waals surface area (Å²) in [4.78, 5) is 28.2. The molecule has 0 amide bonds.